The molecule has 1 saturated heterocycles. The molecular formula is C14H15BrN2O2S. The maximum atomic E-state index is 12.2. The highest BCUT2D eigenvalue weighted by atomic mass is 79.9. The van der Waals surface area contributed by atoms with Crippen LogP contribution < -0.4 is 10.6 Å². The fourth-order valence-corrected chi connectivity index (χ4v) is 2.85. The third-order valence-electron chi connectivity index (χ3n) is 3.02. The van der Waals surface area contributed by atoms with Gasteiger partial charge in [0, 0.05) is 10.2 Å². The number of nitrogens with one attached hydrogen (secondary N) is 2. The molecule has 1 aromatic rings. The van der Waals surface area contributed by atoms with Crippen molar-refractivity contribution >= 4 is 39.2 Å². The summed E-state index contributed by atoms with van der Waals surface area (Å²) in [5.74, 6) is -0.832. The summed E-state index contributed by atoms with van der Waals surface area (Å²) in [6.45, 7) is 6.01. The molecule has 2 unspecified atom stereocenters. The molecule has 6 heteroatoms. The molecule has 2 N–H and O–H groups in total. The summed E-state index contributed by atoms with van der Waals surface area (Å²) >= 11 is 8.58. The molecule has 1 aliphatic rings. The molecule has 1 aromatic carbocycles. The average Bonchev–Trinajstić information content (AvgIpc) is 2.37. The van der Waals surface area contributed by atoms with E-state index in [2.05, 4.69) is 33.1 Å². The Labute approximate surface area is 131 Å². The van der Waals surface area contributed by atoms with Crippen LogP contribution in [0.3, 0.4) is 0 Å². The van der Waals surface area contributed by atoms with Crippen molar-refractivity contribution in [1.82, 2.24) is 10.6 Å². The molecule has 1 aliphatic heterocycles. The van der Waals surface area contributed by atoms with Crippen LogP contribution in [0.5, 0.6) is 0 Å². The highest BCUT2D eigenvalue weighted by Crippen LogP contribution is 2.31. The maximum Gasteiger partial charge on any atom is 0.317 e. The lowest BCUT2D eigenvalue weighted by atomic mass is 9.89. The average molecular weight is 355 g/mol. The van der Waals surface area contributed by atoms with E-state index in [1.807, 2.05) is 24.3 Å². The number of rotatable bonds is 3. The van der Waals surface area contributed by atoms with Gasteiger partial charge < -0.3 is 15.4 Å². The summed E-state index contributed by atoms with van der Waals surface area (Å²) in [7, 11) is 0. The highest BCUT2D eigenvalue weighted by Gasteiger charge is 2.37. The van der Waals surface area contributed by atoms with Crippen LogP contribution in [-0.2, 0) is 9.53 Å². The minimum Gasteiger partial charge on any atom is -0.465 e. The van der Waals surface area contributed by atoms with Crippen LogP contribution in [0, 0.1) is 5.92 Å². The lowest BCUT2D eigenvalue weighted by molar-refractivity contribution is -0.147. The van der Waals surface area contributed by atoms with Gasteiger partial charge in [0.15, 0.2) is 5.11 Å². The standard InChI is InChI=1S/C14H15BrN2O2S/c1-3-19-13(18)11-8(2)16-14(20)17-12(11)9-5-4-6-10(15)7-9/h4-7,11-12H,2-3H2,1H3,(H2,16,17,20). The molecule has 0 aliphatic carbocycles. The predicted molar refractivity (Wildman–Crippen MR) is 85.0 cm³/mol. The monoisotopic (exact) mass is 354 g/mol. The summed E-state index contributed by atoms with van der Waals surface area (Å²) in [4.78, 5) is 12.2. The van der Waals surface area contributed by atoms with E-state index in [1.165, 1.54) is 0 Å². The minimum atomic E-state index is -0.518. The van der Waals surface area contributed by atoms with Crippen LogP contribution in [0.25, 0.3) is 0 Å². The first-order valence-electron chi connectivity index (χ1n) is 6.21. The quantitative estimate of drug-likeness (QED) is 0.645. The van der Waals surface area contributed by atoms with Gasteiger partial charge in [0.1, 0.15) is 5.92 Å². The van der Waals surface area contributed by atoms with Gasteiger partial charge in [-0.05, 0) is 36.8 Å². The first-order chi connectivity index (χ1) is 9.52. The fourth-order valence-electron chi connectivity index (χ4n) is 2.17. The van der Waals surface area contributed by atoms with Gasteiger partial charge in [-0.1, -0.05) is 34.6 Å². The van der Waals surface area contributed by atoms with Crippen molar-refractivity contribution in [3.63, 3.8) is 0 Å². The smallest absolute Gasteiger partial charge is 0.317 e. The molecule has 20 heavy (non-hydrogen) atoms. The van der Waals surface area contributed by atoms with E-state index >= 15 is 0 Å². The number of ether oxygens (including phenoxy) is 1. The Hall–Kier alpha value is -1.40. The van der Waals surface area contributed by atoms with E-state index in [-0.39, 0.29) is 12.0 Å². The summed E-state index contributed by atoms with van der Waals surface area (Å²) < 4.78 is 6.07. The van der Waals surface area contributed by atoms with E-state index in [4.69, 9.17) is 17.0 Å². The number of halogens is 1. The van der Waals surface area contributed by atoms with Gasteiger partial charge in [0.25, 0.3) is 0 Å². The Morgan fingerprint density at radius 3 is 2.95 bits per heavy atom. The molecule has 0 radical (unpaired) electrons. The van der Waals surface area contributed by atoms with Crippen molar-refractivity contribution in [1.29, 1.82) is 0 Å². The van der Waals surface area contributed by atoms with Gasteiger partial charge >= 0.3 is 5.97 Å². The Balaban J connectivity index is 2.36. The zero-order valence-electron chi connectivity index (χ0n) is 11.0. The van der Waals surface area contributed by atoms with Gasteiger partial charge in [0.2, 0.25) is 0 Å². The molecule has 0 spiro atoms. The van der Waals surface area contributed by atoms with Gasteiger partial charge in [-0.3, -0.25) is 4.79 Å². The Kier molecular flexibility index (Phi) is 4.77. The highest BCUT2D eigenvalue weighted by molar-refractivity contribution is 9.10. The molecule has 2 rings (SSSR count). The molecular weight excluding hydrogens is 340 g/mol. The van der Waals surface area contributed by atoms with Crippen LogP contribution in [0.1, 0.15) is 18.5 Å². The molecule has 0 bridgehead atoms. The van der Waals surface area contributed by atoms with E-state index in [0.717, 1.165) is 10.0 Å². The van der Waals surface area contributed by atoms with Crippen LogP contribution in [0.2, 0.25) is 0 Å². The zero-order valence-corrected chi connectivity index (χ0v) is 13.4. The number of hydrogen-bond acceptors (Lipinski definition) is 3. The predicted octanol–water partition coefficient (Wildman–Crippen LogP) is 2.66. The van der Waals surface area contributed by atoms with Crippen molar-refractivity contribution in [3.05, 3.63) is 46.6 Å². The van der Waals surface area contributed by atoms with Crippen LogP contribution in [0.4, 0.5) is 0 Å². The second kappa shape index (κ2) is 6.37. The number of benzene rings is 1. The molecule has 1 heterocycles. The number of carbonyl (C=O) groups is 1. The number of hydrogen-bond donors (Lipinski definition) is 2. The Bertz CT molecular complexity index is 562. The third kappa shape index (κ3) is 3.19. The Morgan fingerprint density at radius 1 is 1.55 bits per heavy atom. The van der Waals surface area contributed by atoms with E-state index in [0.29, 0.717) is 17.4 Å². The number of esters is 1. The van der Waals surface area contributed by atoms with Gasteiger partial charge in [-0.25, -0.2) is 0 Å². The third-order valence-corrected chi connectivity index (χ3v) is 3.73. The van der Waals surface area contributed by atoms with Crippen LogP contribution in [-0.4, -0.2) is 17.7 Å². The maximum absolute atomic E-state index is 12.2. The van der Waals surface area contributed by atoms with Crippen molar-refractivity contribution in [2.45, 2.75) is 13.0 Å². The Morgan fingerprint density at radius 2 is 2.30 bits per heavy atom. The van der Waals surface area contributed by atoms with E-state index in [9.17, 15) is 4.79 Å². The summed E-state index contributed by atoms with van der Waals surface area (Å²) in [5, 5.41) is 6.47. The van der Waals surface area contributed by atoms with Gasteiger partial charge in [-0.2, -0.15) is 0 Å². The second-order valence-corrected chi connectivity index (χ2v) is 5.71. The van der Waals surface area contributed by atoms with Crippen molar-refractivity contribution in [3.8, 4) is 0 Å². The van der Waals surface area contributed by atoms with Crippen molar-refractivity contribution in [2.24, 2.45) is 5.92 Å². The molecule has 0 amide bonds. The van der Waals surface area contributed by atoms with Gasteiger partial charge in [0.05, 0.1) is 12.6 Å². The normalized spacial score (nSPS) is 21.9. The minimum absolute atomic E-state index is 0.284. The first-order valence-corrected chi connectivity index (χ1v) is 7.41. The molecule has 0 saturated carbocycles. The number of carbonyl (C=O) groups excluding carboxylic acids is 1. The van der Waals surface area contributed by atoms with Crippen LogP contribution >= 0.6 is 28.1 Å². The molecule has 0 aromatic heterocycles. The summed E-state index contributed by atoms with van der Waals surface area (Å²) in [6, 6.07) is 7.45. The van der Waals surface area contributed by atoms with E-state index in [1.54, 1.807) is 6.92 Å². The fraction of sp³-hybridized carbons (Fsp3) is 0.286. The second-order valence-electron chi connectivity index (χ2n) is 4.39. The molecule has 4 nitrogen and oxygen atoms in total. The van der Waals surface area contributed by atoms with Crippen molar-refractivity contribution < 1.29 is 9.53 Å². The lowest BCUT2D eigenvalue weighted by Gasteiger charge is -2.34. The number of thiocarbonyl (C=S) groups is 1. The zero-order chi connectivity index (χ0) is 14.7. The first kappa shape index (κ1) is 15.0. The summed E-state index contributed by atoms with van der Waals surface area (Å²) in [5.41, 5.74) is 1.50. The topological polar surface area (TPSA) is 50.4 Å². The molecule has 2 atom stereocenters. The van der Waals surface area contributed by atoms with E-state index < -0.39 is 5.92 Å². The largest absolute Gasteiger partial charge is 0.465 e. The lowest BCUT2D eigenvalue weighted by Crippen LogP contribution is -2.51. The molecule has 1 fully saturated rings. The molecule has 106 valence electrons. The van der Waals surface area contributed by atoms with Crippen molar-refractivity contribution in [2.75, 3.05) is 6.61 Å². The summed E-state index contributed by atoms with van der Waals surface area (Å²) in [6.07, 6.45) is 0. The van der Waals surface area contributed by atoms with Crippen LogP contribution in [0.15, 0.2) is 41.0 Å². The SMILES string of the molecule is C=C1NC(=S)NC(c2cccc(Br)c2)C1C(=O)OCC. The van der Waals surface area contributed by atoms with Gasteiger partial charge in [-0.15, -0.1) is 0 Å².